The summed E-state index contributed by atoms with van der Waals surface area (Å²) >= 11 is 6.35. The molecule has 208 valence electrons. The summed E-state index contributed by atoms with van der Waals surface area (Å²) in [5.74, 6) is 0.945. The number of para-hydroxylation sites is 1. The van der Waals surface area contributed by atoms with Gasteiger partial charge in [0.25, 0.3) is 11.5 Å². The number of fused-ring (bicyclic) bond motifs is 1. The molecule has 4 heterocycles. The van der Waals surface area contributed by atoms with Gasteiger partial charge in [-0.1, -0.05) is 23.7 Å². The van der Waals surface area contributed by atoms with Gasteiger partial charge < -0.3 is 20.1 Å². The van der Waals surface area contributed by atoms with Crippen molar-refractivity contribution in [2.24, 2.45) is 7.05 Å². The summed E-state index contributed by atoms with van der Waals surface area (Å²) in [6.45, 7) is 5.26. The van der Waals surface area contributed by atoms with E-state index >= 15 is 0 Å². The molecule has 0 radical (unpaired) electrons. The van der Waals surface area contributed by atoms with E-state index < -0.39 is 5.54 Å². The minimum absolute atomic E-state index is 0.0627. The molecule has 0 atom stereocenters. The molecule has 1 aliphatic heterocycles. The summed E-state index contributed by atoms with van der Waals surface area (Å²) < 4.78 is 1.54. The summed E-state index contributed by atoms with van der Waals surface area (Å²) in [6.07, 6.45) is 7.08. The Bertz CT molecular complexity index is 1780. The SMILES string of the molecule is Cn1c(=O)cc(NC(C)(C)c2ncc(C3CC3)cn2)c2cccc(Nc3cc(C(=O)N4CCC4)nc(Cl)c3C#N)c21. The molecule has 2 aliphatic rings. The summed E-state index contributed by atoms with van der Waals surface area (Å²) in [5.41, 5.74) is 2.64. The Balaban J connectivity index is 1.39. The Morgan fingerprint density at radius 2 is 1.85 bits per heavy atom. The lowest BCUT2D eigenvalue weighted by Crippen LogP contribution is -2.42. The van der Waals surface area contributed by atoms with Gasteiger partial charge in [-0.2, -0.15) is 5.26 Å². The van der Waals surface area contributed by atoms with Gasteiger partial charge in [0.1, 0.15) is 22.5 Å². The van der Waals surface area contributed by atoms with E-state index in [1.807, 2.05) is 44.4 Å². The number of halogens is 1. The molecule has 2 N–H and O–H groups in total. The van der Waals surface area contributed by atoms with Gasteiger partial charge in [0.2, 0.25) is 0 Å². The summed E-state index contributed by atoms with van der Waals surface area (Å²) in [6, 6.07) is 10.8. The second-order valence-corrected chi connectivity index (χ2v) is 11.5. The van der Waals surface area contributed by atoms with Crippen LogP contribution in [-0.4, -0.2) is 43.4 Å². The third kappa shape index (κ3) is 4.98. The monoisotopic (exact) mass is 568 g/mol. The lowest BCUT2D eigenvalue weighted by Gasteiger charge is -2.30. The average molecular weight is 569 g/mol. The van der Waals surface area contributed by atoms with Gasteiger partial charge >= 0.3 is 0 Å². The number of hydrogen-bond donors (Lipinski definition) is 2. The van der Waals surface area contributed by atoms with Crippen molar-refractivity contribution < 1.29 is 4.79 Å². The predicted molar refractivity (Wildman–Crippen MR) is 158 cm³/mol. The molecular formula is C30H29ClN8O2. The van der Waals surface area contributed by atoms with Crippen molar-refractivity contribution in [1.82, 2.24) is 24.4 Å². The molecule has 41 heavy (non-hydrogen) atoms. The molecule has 0 bridgehead atoms. The lowest BCUT2D eigenvalue weighted by molar-refractivity contribution is 0.0645. The lowest BCUT2D eigenvalue weighted by atomic mass is 10.0. The standard InChI is InChI=1S/C30H29ClN8O2/c1-30(2,29-33-15-18(16-34-29)17-8-9-17)37-23-13-25(40)38(3)26-19(23)6-4-7-21(26)35-22-12-24(28(41)39-10-5-11-39)36-27(31)20(22)14-32/h4,6-7,12-13,15-17,37H,5,8-11H2,1-3H3,(H,35,36). The maximum Gasteiger partial charge on any atom is 0.272 e. The predicted octanol–water partition coefficient (Wildman–Crippen LogP) is 5.06. The molecule has 11 heteroatoms. The molecular weight excluding hydrogens is 540 g/mol. The molecule has 3 aromatic heterocycles. The Hall–Kier alpha value is -4.49. The number of hydrogen-bond acceptors (Lipinski definition) is 8. The molecule has 1 amide bonds. The number of carbonyl (C=O) groups is 1. The van der Waals surface area contributed by atoms with Gasteiger partial charge in [0.15, 0.2) is 5.82 Å². The molecule has 10 nitrogen and oxygen atoms in total. The zero-order valence-corrected chi connectivity index (χ0v) is 23.8. The highest BCUT2D eigenvalue weighted by molar-refractivity contribution is 6.31. The zero-order chi connectivity index (χ0) is 28.9. The van der Waals surface area contributed by atoms with Gasteiger partial charge in [-0.25, -0.2) is 15.0 Å². The van der Waals surface area contributed by atoms with Crippen molar-refractivity contribution in [2.75, 3.05) is 23.7 Å². The van der Waals surface area contributed by atoms with E-state index in [1.54, 1.807) is 18.0 Å². The highest BCUT2D eigenvalue weighted by atomic mass is 35.5. The van der Waals surface area contributed by atoms with Crippen LogP contribution < -0.4 is 16.2 Å². The van der Waals surface area contributed by atoms with Crippen molar-refractivity contribution in [3.63, 3.8) is 0 Å². The number of rotatable bonds is 7. The number of nitrogens with one attached hydrogen (secondary N) is 2. The van der Waals surface area contributed by atoms with E-state index in [1.165, 1.54) is 23.5 Å². The molecule has 0 spiro atoms. The summed E-state index contributed by atoms with van der Waals surface area (Å²) in [4.78, 5) is 41.2. The van der Waals surface area contributed by atoms with Gasteiger partial charge in [-0.3, -0.25) is 9.59 Å². The molecule has 1 saturated carbocycles. The Morgan fingerprint density at radius 3 is 2.49 bits per heavy atom. The van der Waals surface area contributed by atoms with Crippen molar-refractivity contribution in [3.8, 4) is 6.07 Å². The number of amides is 1. The van der Waals surface area contributed by atoms with Crippen LogP contribution in [0.4, 0.5) is 17.1 Å². The number of likely N-dealkylation sites (tertiary alicyclic amines) is 1. The normalized spacial score (nSPS) is 14.9. The molecule has 6 rings (SSSR count). The Morgan fingerprint density at radius 1 is 1.12 bits per heavy atom. The number of carbonyl (C=O) groups excluding carboxylic acids is 1. The Labute approximate surface area is 242 Å². The summed E-state index contributed by atoms with van der Waals surface area (Å²) in [7, 11) is 1.69. The molecule has 1 saturated heterocycles. The smallest absolute Gasteiger partial charge is 0.272 e. The molecule has 4 aromatic rings. The van der Waals surface area contributed by atoms with Crippen molar-refractivity contribution >= 4 is 45.5 Å². The number of aromatic nitrogens is 4. The fourth-order valence-electron chi connectivity index (χ4n) is 5.07. The fourth-order valence-corrected chi connectivity index (χ4v) is 5.31. The number of pyridine rings is 2. The molecule has 1 aromatic carbocycles. The second-order valence-electron chi connectivity index (χ2n) is 11.1. The van der Waals surface area contributed by atoms with Crippen LogP contribution in [-0.2, 0) is 12.6 Å². The van der Waals surface area contributed by atoms with Crippen LogP contribution in [0.15, 0.2) is 47.5 Å². The maximum atomic E-state index is 13.2. The zero-order valence-electron chi connectivity index (χ0n) is 23.0. The second kappa shape index (κ2) is 10.2. The van der Waals surface area contributed by atoms with Crippen LogP contribution in [0.3, 0.4) is 0 Å². The number of anilines is 3. The van der Waals surface area contributed by atoms with Crippen LogP contribution in [0.25, 0.3) is 10.9 Å². The van der Waals surface area contributed by atoms with E-state index in [0.29, 0.717) is 47.4 Å². The molecule has 0 unspecified atom stereocenters. The van der Waals surface area contributed by atoms with E-state index in [4.69, 9.17) is 11.6 Å². The highest BCUT2D eigenvalue weighted by Gasteiger charge is 2.29. The van der Waals surface area contributed by atoms with Crippen LogP contribution in [0.5, 0.6) is 0 Å². The van der Waals surface area contributed by atoms with Crippen LogP contribution in [0.1, 0.15) is 66.5 Å². The van der Waals surface area contributed by atoms with Crippen molar-refractivity contribution in [3.05, 3.63) is 80.9 Å². The van der Waals surface area contributed by atoms with Crippen molar-refractivity contribution in [2.45, 2.75) is 44.6 Å². The van der Waals surface area contributed by atoms with Crippen LogP contribution in [0, 0.1) is 11.3 Å². The fraction of sp³-hybridized carbons (Fsp3) is 0.333. The number of benzene rings is 1. The topological polar surface area (TPSA) is 129 Å². The van der Waals surface area contributed by atoms with E-state index in [-0.39, 0.29) is 27.9 Å². The maximum absolute atomic E-state index is 13.2. The third-order valence-electron chi connectivity index (χ3n) is 7.71. The quantitative estimate of drug-likeness (QED) is 0.296. The van der Waals surface area contributed by atoms with Gasteiger partial charge in [-0.15, -0.1) is 0 Å². The first-order chi connectivity index (χ1) is 19.7. The minimum Gasteiger partial charge on any atom is -0.372 e. The number of nitriles is 1. The molecule has 1 aliphatic carbocycles. The van der Waals surface area contributed by atoms with Gasteiger partial charge in [0, 0.05) is 49.7 Å². The van der Waals surface area contributed by atoms with Gasteiger partial charge in [0.05, 0.1) is 22.4 Å². The largest absolute Gasteiger partial charge is 0.372 e. The molecule has 2 fully saturated rings. The van der Waals surface area contributed by atoms with Crippen LogP contribution >= 0.6 is 11.6 Å². The Kier molecular flexibility index (Phi) is 6.62. The average Bonchev–Trinajstić information content (AvgIpc) is 3.76. The van der Waals surface area contributed by atoms with Gasteiger partial charge in [-0.05, 0) is 56.7 Å². The first kappa shape index (κ1) is 26.7. The minimum atomic E-state index is -0.677. The third-order valence-corrected chi connectivity index (χ3v) is 7.98. The van der Waals surface area contributed by atoms with Crippen LogP contribution in [0.2, 0.25) is 5.15 Å². The van der Waals surface area contributed by atoms with E-state index in [0.717, 1.165) is 17.4 Å². The number of aryl methyl sites for hydroxylation is 1. The number of nitrogens with zero attached hydrogens (tertiary/aromatic N) is 6. The van der Waals surface area contributed by atoms with E-state index in [9.17, 15) is 14.9 Å². The first-order valence-corrected chi connectivity index (χ1v) is 13.9. The highest BCUT2D eigenvalue weighted by Crippen LogP contribution is 2.40. The summed E-state index contributed by atoms with van der Waals surface area (Å²) in [5, 5.41) is 17.3. The van der Waals surface area contributed by atoms with E-state index in [2.05, 4.69) is 31.7 Å². The van der Waals surface area contributed by atoms with Crippen molar-refractivity contribution in [1.29, 1.82) is 5.26 Å². The first-order valence-electron chi connectivity index (χ1n) is 13.6.